The molecule has 0 spiro atoms. The zero-order valence-corrected chi connectivity index (χ0v) is 8.69. The lowest BCUT2D eigenvalue weighted by atomic mass is 10.2. The molecule has 1 saturated carbocycles. The number of carbonyl (C=O) groups excluding carboxylic acids is 1. The van der Waals surface area contributed by atoms with E-state index in [0.29, 0.717) is 13.1 Å². The summed E-state index contributed by atoms with van der Waals surface area (Å²) in [5.74, 6) is -1.29. The van der Waals surface area contributed by atoms with Crippen LogP contribution in [-0.2, 0) is 9.59 Å². The van der Waals surface area contributed by atoms with E-state index in [0.717, 1.165) is 19.1 Å². The molecule has 0 aromatic carbocycles. The molecule has 2 fully saturated rings. The number of hydrogen-bond donors (Lipinski definition) is 1. The summed E-state index contributed by atoms with van der Waals surface area (Å²) in [7, 11) is 0. The van der Waals surface area contributed by atoms with E-state index < -0.39 is 5.97 Å². The van der Waals surface area contributed by atoms with Gasteiger partial charge in [-0.3, -0.25) is 14.5 Å². The van der Waals surface area contributed by atoms with Gasteiger partial charge in [0.15, 0.2) is 0 Å². The van der Waals surface area contributed by atoms with Crippen LogP contribution in [0.2, 0.25) is 0 Å². The normalized spacial score (nSPS) is 22.8. The van der Waals surface area contributed by atoms with Gasteiger partial charge in [-0.2, -0.15) is 0 Å². The molecular weight excluding hydrogens is 196 g/mol. The van der Waals surface area contributed by atoms with E-state index in [-0.39, 0.29) is 12.3 Å². The fourth-order valence-electron chi connectivity index (χ4n) is 2.02. The summed E-state index contributed by atoms with van der Waals surface area (Å²) >= 11 is 0. The van der Waals surface area contributed by atoms with Crippen molar-refractivity contribution in [1.29, 1.82) is 0 Å². The van der Waals surface area contributed by atoms with Crippen molar-refractivity contribution in [3.63, 3.8) is 0 Å². The Bertz CT molecular complexity index is 268. The first-order chi connectivity index (χ1) is 7.16. The Morgan fingerprint density at radius 3 is 2.20 bits per heavy atom. The summed E-state index contributed by atoms with van der Waals surface area (Å²) in [6, 6.07) is 0.738. The van der Waals surface area contributed by atoms with Gasteiger partial charge >= 0.3 is 5.97 Å². The van der Waals surface area contributed by atoms with Gasteiger partial charge in [-0.1, -0.05) is 0 Å². The van der Waals surface area contributed by atoms with Gasteiger partial charge in [0.25, 0.3) is 0 Å². The van der Waals surface area contributed by atoms with E-state index in [4.69, 9.17) is 5.11 Å². The highest BCUT2D eigenvalue weighted by molar-refractivity contribution is 5.93. The zero-order chi connectivity index (χ0) is 10.8. The predicted molar refractivity (Wildman–Crippen MR) is 53.4 cm³/mol. The van der Waals surface area contributed by atoms with Crippen LogP contribution in [0.4, 0.5) is 0 Å². The van der Waals surface area contributed by atoms with Crippen LogP contribution in [0.1, 0.15) is 19.3 Å². The lowest BCUT2D eigenvalue weighted by Crippen LogP contribution is -2.49. The van der Waals surface area contributed by atoms with Crippen molar-refractivity contribution < 1.29 is 14.7 Å². The average molecular weight is 212 g/mol. The van der Waals surface area contributed by atoms with Gasteiger partial charge in [-0.25, -0.2) is 0 Å². The quantitative estimate of drug-likeness (QED) is 0.656. The summed E-state index contributed by atoms with van der Waals surface area (Å²) < 4.78 is 0. The molecule has 1 aliphatic carbocycles. The van der Waals surface area contributed by atoms with Crippen LogP contribution >= 0.6 is 0 Å². The first-order valence-corrected chi connectivity index (χ1v) is 5.40. The second-order valence-electron chi connectivity index (χ2n) is 4.22. The minimum absolute atomic E-state index is 0.252. The van der Waals surface area contributed by atoms with Gasteiger partial charge in [-0.15, -0.1) is 0 Å². The highest BCUT2D eigenvalue weighted by atomic mass is 16.4. The second-order valence-corrected chi connectivity index (χ2v) is 4.22. The van der Waals surface area contributed by atoms with Crippen molar-refractivity contribution >= 4 is 11.9 Å². The van der Waals surface area contributed by atoms with Crippen molar-refractivity contribution in [2.24, 2.45) is 0 Å². The van der Waals surface area contributed by atoms with Gasteiger partial charge in [0, 0.05) is 32.2 Å². The highest BCUT2D eigenvalue weighted by Crippen LogP contribution is 2.27. The van der Waals surface area contributed by atoms with E-state index in [2.05, 4.69) is 4.90 Å². The molecule has 84 valence electrons. The van der Waals surface area contributed by atoms with Gasteiger partial charge in [0.05, 0.1) is 0 Å². The highest BCUT2D eigenvalue weighted by Gasteiger charge is 2.32. The molecule has 5 nitrogen and oxygen atoms in total. The molecule has 5 heteroatoms. The molecule has 0 unspecified atom stereocenters. The Morgan fingerprint density at radius 2 is 1.73 bits per heavy atom. The first-order valence-electron chi connectivity index (χ1n) is 5.40. The molecule has 1 N–H and O–H groups in total. The van der Waals surface area contributed by atoms with Crippen LogP contribution in [0.25, 0.3) is 0 Å². The number of carboxylic acid groups (broad SMARTS) is 1. The Hall–Kier alpha value is -1.10. The van der Waals surface area contributed by atoms with Crippen molar-refractivity contribution in [3.05, 3.63) is 0 Å². The summed E-state index contributed by atoms with van der Waals surface area (Å²) in [6.45, 7) is 3.16. The third kappa shape index (κ3) is 2.68. The largest absolute Gasteiger partial charge is 0.481 e. The van der Waals surface area contributed by atoms with E-state index in [1.165, 1.54) is 12.8 Å². The summed E-state index contributed by atoms with van der Waals surface area (Å²) in [4.78, 5) is 25.9. The molecule has 0 aromatic heterocycles. The Morgan fingerprint density at radius 1 is 1.13 bits per heavy atom. The van der Waals surface area contributed by atoms with E-state index in [1.54, 1.807) is 4.90 Å². The monoisotopic (exact) mass is 212 g/mol. The summed E-state index contributed by atoms with van der Waals surface area (Å²) in [5, 5.41) is 8.51. The molecule has 15 heavy (non-hydrogen) atoms. The standard InChI is InChI=1S/C10H16N2O3/c13-9(7-10(14)15)12-5-3-11(4-6-12)8-1-2-8/h8H,1-7H2,(H,14,15). The number of carbonyl (C=O) groups is 2. The van der Waals surface area contributed by atoms with E-state index in [1.807, 2.05) is 0 Å². The van der Waals surface area contributed by atoms with Crippen LogP contribution in [0.5, 0.6) is 0 Å². The molecule has 0 bridgehead atoms. The van der Waals surface area contributed by atoms with Crippen molar-refractivity contribution in [3.8, 4) is 0 Å². The van der Waals surface area contributed by atoms with Gasteiger partial charge in [-0.05, 0) is 12.8 Å². The Balaban J connectivity index is 1.76. The van der Waals surface area contributed by atoms with Gasteiger partial charge in [0.1, 0.15) is 6.42 Å². The number of piperazine rings is 1. The molecule has 0 aromatic rings. The lowest BCUT2D eigenvalue weighted by molar-refractivity contribution is -0.145. The predicted octanol–water partition coefficient (Wildman–Crippen LogP) is -0.232. The number of aliphatic carboxylic acids is 1. The number of rotatable bonds is 3. The van der Waals surface area contributed by atoms with Crippen LogP contribution < -0.4 is 0 Å². The molecule has 2 aliphatic rings. The molecule has 0 radical (unpaired) electrons. The average Bonchev–Trinajstić information content (AvgIpc) is 3.00. The maximum absolute atomic E-state index is 11.4. The van der Waals surface area contributed by atoms with Crippen LogP contribution in [0.3, 0.4) is 0 Å². The molecule has 1 aliphatic heterocycles. The van der Waals surface area contributed by atoms with Gasteiger partial charge in [0.2, 0.25) is 5.91 Å². The van der Waals surface area contributed by atoms with Gasteiger partial charge < -0.3 is 10.0 Å². The molecule has 1 amide bonds. The first kappa shape index (κ1) is 10.4. The molecule has 1 saturated heterocycles. The van der Waals surface area contributed by atoms with E-state index in [9.17, 15) is 9.59 Å². The van der Waals surface area contributed by atoms with E-state index >= 15 is 0 Å². The zero-order valence-electron chi connectivity index (χ0n) is 8.69. The smallest absolute Gasteiger partial charge is 0.312 e. The number of nitrogens with zero attached hydrogens (tertiary/aromatic N) is 2. The summed E-state index contributed by atoms with van der Waals surface area (Å²) in [6.07, 6.45) is 2.19. The fourth-order valence-corrected chi connectivity index (χ4v) is 2.02. The third-order valence-corrected chi connectivity index (χ3v) is 3.03. The lowest BCUT2D eigenvalue weighted by Gasteiger charge is -2.34. The Kier molecular flexibility index (Phi) is 2.90. The van der Waals surface area contributed by atoms with Crippen molar-refractivity contribution in [2.75, 3.05) is 26.2 Å². The SMILES string of the molecule is O=C(O)CC(=O)N1CCN(C2CC2)CC1. The van der Waals surface area contributed by atoms with Crippen LogP contribution in [0, 0.1) is 0 Å². The molecular formula is C10H16N2O3. The van der Waals surface area contributed by atoms with Crippen LogP contribution in [0.15, 0.2) is 0 Å². The van der Waals surface area contributed by atoms with Crippen LogP contribution in [-0.4, -0.2) is 59.0 Å². The molecule has 1 heterocycles. The maximum Gasteiger partial charge on any atom is 0.312 e. The minimum atomic E-state index is -1.04. The number of hydrogen-bond acceptors (Lipinski definition) is 3. The third-order valence-electron chi connectivity index (χ3n) is 3.03. The molecule has 2 rings (SSSR count). The minimum Gasteiger partial charge on any atom is -0.481 e. The maximum atomic E-state index is 11.4. The Labute approximate surface area is 88.6 Å². The molecule has 0 atom stereocenters. The fraction of sp³-hybridized carbons (Fsp3) is 0.800. The van der Waals surface area contributed by atoms with Crippen molar-refractivity contribution in [2.45, 2.75) is 25.3 Å². The van der Waals surface area contributed by atoms with Crippen molar-refractivity contribution in [1.82, 2.24) is 9.80 Å². The number of carboxylic acids is 1. The topological polar surface area (TPSA) is 60.9 Å². The summed E-state index contributed by atoms with van der Waals surface area (Å²) in [5.41, 5.74) is 0. The number of amides is 1. The second kappa shape index (κ2) is 4.18.